The summed E-state index contributed by atoms with van der Waals surface area (Å²) in [6.07, 6.45) is 0. The van der Waals surface area contributed by atoms with Crippen LogP contribution in [0.5, 0.6) is 0 Å². The fourth-order valence-corrected chi connectivity index (χ4v) is 2.86. The molecule has 2 rings (SSSR count). The van der Waals surface area contributed by atoms with E-state index in [4.69, 9.17) is 0 Å². The molecule has 2 aromatic rings. The van der Waals surface area contributed by atoms with Gasteiger partial charge in [-0.3, -0.25) is 9.59 Å². The summed E-state index contributed by atoms with van der Waals surface area (Å²) in [6.45, 7) is 7.14. The number of carbonyl (C=O) groups is 2. The lowest BCUT2D eigenvalue weighted by molar-refractivity contribution is -0.114. The third-order valence-corrected chi connectivity index (χ3v) is 3.97. The van der Waals surface area contributed by atoms with Gasteiger partial charge in [-0.1, -0.05) is 17.8 Å². The van der Waals surface area contributed by atoms with Crippen LogP contribution in [0.15, 0.2) is 29.4 Å². The fourth-order valence-electron chi connectivity index (χ4n) is 2.11. The van der Waals surface area contributed by atoms with Gasteiger partial charge in [-0.25, -0.2) is 9.97 Å². The van der Waals surface area contributed by atoms with Crippen molar-refractivity contribution >= 4 is 35.0 Å². The number of aryl methyl sites for hydroxylation is 3. The van der Waals surface area contributed by atoms with Gasteiger partial charge >= 0.3 is 0 Å². The highest BCUT2D eigenvalue weighted by atomic mass is 32.2. The molecule has 0 radical (unpaired) electrons. The molecular formula is C17H20N4O2S. The van der Waals surface area contributed by atoms with E-state index in [0.29, 0.717) is 16.5 Å². The van der Waals surface area contributed by atoms with Gasteiger partial charge in [-0.2, -0.15) is 0 Å². The highest BCUT2D eigenvalue weighted by molar-refractivity contribution is 7.99. The summed E-state index contributed by atoms with van der Waals surface area (Å²) in [5, 5.41) is 6.15. The third-order valence-electron chi connectivity index (χ3n) is 3.13. The monoisotopic (exact) mass is 344 g/mol. The number of rotatable bonds is 5. The smallest absolute Gasteiger partial charge is 0.234 e. The van der Waals surface area contributed by atoms with Crippen LogP contribution in [-0.4, -0.2) is 27.5 Å². The molecular weight excluding hydrogens is 324 g/mol. The lowest BCUT2D eigenvalue weighted by Crippen LogP contribution is -2.15. The Morgan fingerprint density at radius 1 is 1.04 bits per heavy atom. The van der Waals surface area contributed by atoms with Gasteiger partial charge in [0.25, 0.3) is 0 Å². The maximum Gasteiger partial charge on any atom is 0.234 e. The second kappa shape index (κ2) is 7.92. The lowest BCUT2D eigenvalue weighted by Gasteiger charge is -2.10. The number of anilines is 2. The van der Waals surface area contributed by atoms with Crippen LogP contribution in [0.2, 0.25) is 0 Å². The Balaban J connectivity index is 1.98. The number of nitrogens with zero attached hydrogens (tertiary/aromatic N) is 2. The summed E-state index contributed by atoms with van der Waals surface area (Å²) < 4.78 is 0. The predicted molar refractivity (Wildman–Crippen MR) is 96.3 cm³/mol. The van der Waals surface area contributed by atoms with Crippen LogP contribution in [0.1, 0.15) is 23.9 Å². The number of aromatic nitrogens is 2. The SMILES string of the molecule is CC(=O)Nc1cc(NC(=O)CSc2nc(C)cc(C)n2)ccc1C. The third kappa shape index (κ3) is 5.34. The zero-order valence-electron chi connectivity index (χ0n) is 14.1. The van der Waals surface area contributed by atoms with Crippen molar-refractivity contribution in [3.05, 3.63) is 41.2 Å². The standard InChI is InChI=1S/C17H20N4O2S/c1-10-5-6-14(8-15(10)20-13(4)22)21-16(23)9-24-17-18-11(2)7-12(3)19-17/h5-8H,9H2,1-4H3,(H,20,22)(H,21,23). The first-order valence-corrected chi connectivity index (χ1v) is 8.45. The Morgan fingerprint density at radius 2 is 1.71 bits per heavy atom. The fraction of sp³-hybridized carbons (Fsp3) is 0.294. The van der Waals surface area contributed by atoms with Crippen LogP contribution in [-0.2, 0) is 9.59 Å². The molecule has 126 valence electrons. The molecule has 0 atom stereocenters. The number of carbonyl (C=O) groups excluding carboxylic acids is 2. The van der Waals surface area contributed by atoms with E-state index in [2.05, 4.69) is 20.6 Å². The minimum atomic E-state index is -0.152. The number of amides is 2. The summed E-state index contributed by atoms with van der Waals surface area (Å²) in [6, 6.07) is 7.28. The van der Waals surface area contributed by atoms with Crippen molar-refractivity contribution in [3.63, 3.8) is 0 Å². The number of thioether (sulfide) groups is 1. The lowest BCUT2D eigenvalue weighted by atomic mass is 10.2. The molecule has 1 heterocycles. The first-order valence-electron chi connectivity index (χ1n) is 7.46. The van der Waals surface area contributed by atoms with Crippen LogP contribution < -0.4 is 10.6 Å². The van der Waals surface area contributed by atoms with Gasteiger partial charge in [0, 0.05) is 29.7 Å². The van der Waals surface area contributed by atoms with Crippen molar-refractivity contribution in [3.8, 4) is 0 Å². The molecule has 2 N–H and O–H groups in total. The van der Waals surface area contributed by atoms with Crippen molar-refractivity contribution in [1.29, 1.82) is 0 Å². The van der Waals surface area contributed by atoms with Gasteiger partial charge < -0.3 is 10.6 Å². The molecule has 7 heteroatoms. The van der Waals surface area contributed by atoms with Crippen molar-refractivity contribution in [1.82, 2.24) is 9.97 Å². The molecule has 0 spiro atoms. The molecule has 0 aliphatic heterocycles. The van der Waals surface area contributed by atoms with Crippen molar-refractivity contribution in [2.24, 2.45) is 0 Å². The second-order valence-corrected chi connectivity index (χ2v) is 6.42. The van der Waals surface area contributed by atoms with Crippen molar-refractivity contribution in [2.45, 2.75) is 32.9 Å². The Bertz CT molecular complexity index is 757. The maximum absolute atomic E-state index is 12.1. The molecule has 0 saturated carbocycles. The van der Waals surface area contributed by atoms with Gasteiger partial charge in [0.2, 0.25) is 11.8 Å². The normalized spacial score (nSPS) is 10.3. The van der Waals surface area contributed by atoms with E-state index >= 15 is 0 Å². The van der Waals surface area contributed by atoms with E-state index in [-0.39, 0.29) is 17.6 Å². The molecule has 2 amide bonds. The summed E-state index contributed by atoms with van der Waals surface area (Å²) >= 11 is 1.29. The van der Waals surface area contributed by atoms with E-state index < -0.39 is 0 Å². The zero-order valence-corrected chi connectivity index (χ0v) is 15.0. The quantitative estimate of drug-likeness (QED) is 0.643. The predicted octanol–water partition coefficient (Wildman–Crippen LogP) is 3.09. The van der Waals surface area contributed by atoms with Gasteiger partial charge in [0.15, 0.2) is 5.16 Å². The summed E-state index contributed by atoms with van der Waals surface area (Å²) in [4.78, 5) is 31.9. The molecule has 0 fully saturated rings. The number of benzene rings is 1. The van der Waals surface area contributed by atoms with E-state index in [0.717, 1.165) is 17.0 Å². The number of hydrogen-bond donors (Lipinski definition) is 2. The molecule has 1 aromatic heterocycles. The molecule has 0 aliphatic rings. The van der Waals surface area contributed by atoms with Gasteiger partial charge in [-0.05, 0) is 44.5 Å². The molecule has 0 aliphatic carbocycles. The molecule has 1 aromatic carbocycles. The minimum absolute atomic E-state index is 0.149. The van der Waals surface area contributed by atoms with Crippen molar-refractivity contribution < 1.29 is 9.59 Å². The van der Waals surface area contributed by atoms with Gasteiger partial charge in [0.05, 0.1) is 5.75 Å². The van der Waals surface area contributed by atoms with E-state index in [1.807, 2.05) is 32.9 Å². The first-order chi connectivity index (χ1) is 11.3. The summed E-state index contributed by atoms with van der Waals surface area (Å²) in [5.41, 5.74) is 4.01. The van der Waals surface area contributed by atoms with Crippen LogP contribution >= 0.6 is 11.8 Å². The summed E-state index contributed by atoms with van der Waals surface area (Å²) in [7, 11) is 0. The van der Waals surface area contributed by atoms with E-state index in [1.54, 1.807) is 12.1 Å². The minimum Gasteiger partial charge on any atom is -0.326 e. The van der Waals surface area contributed by atoms with Crippen LogP contribution in [0.3, 0.4) is 0 Å². The zero-order chi connectivity index (χ0) is 17.7. The number of nitrogens with one attached hydrogen (secondary N) is 2. The highest BCUT2D eigenvalue weighted by Gasteiger charge is 2.08. The summed E-state index contributed by atoms with van der Waals surface area (Å²) in [5.74, 6) is -0.0869. The Morgan fingerprint density at radius 3 is 2.33 bits per heavy atom. The Hall–Kier alpha value is -2.41. The van der Waals surface area contributed by atoms with E-state index in [9.17, 15) is 9.59 Å². The highest BCUT2D eigenvalue weighted by Crippen LogP contribution is 2.21. The molecule has 0 unspecified atom stereocenters. The molecule has 24 heavy (non-hydrogen) atoms. The molecule has 6 nitrogen and oxygen atoms in total. The largest absolute Gasteiger partial charge is 0.326 e. The molecule has 0 saturated heterocycles. The maximum atomic E-state index is 12.1. The van der Waals surface area contributed by atoms with Gasteiger partial charge in [0.1, 0.15) is 0 Å². The van der Waals surface area contributed by atoms with Crippen LogP contribution in [0.25, 0.3) is 0 Å². The second-order valence-electron chi connectivity index (χ2n) is 5.48. The average molecular weight is 344 g/mol. The van der Waals surface area contributed by atoms with Crippen molar-refractivity contribution in [2.75, 3.05) is 16.4 Å². The van der Waals surface area contributed by atoms with Crippen LogP contribution in [0.4, 0.5) is 11.4 Å². The van der Waals surface area contributed by atoms with Crippen LogP contribution in [0, 0.1) is 20.8 Å². The topological polar surface area (TPSA) is 84.0 Å². The number of hydrogen-bond acceptors (Lipinski definition) is 5. The Kier molecular flexibility index (Phi) is 5.92. The first kappa shape index (κ1) is 17.9. The Labute approximate surface area is 145 Å². The van der Waals surface area contributed by atoms with Gasteiger partial charge in [-0.15, -0.1) is 0 Å². The molecule has 0 bridgehead atoms. The average Bonchev–Trinajstić information content (AvgIpc) is 2.47. The van der Waals surface area contributed by atoms with E-state index in [1.165, 1.54) is 18.7 Å².